The summed E-state index contributed by atoms with van der Waals surface area (Å²) in [6.45, 7) is 8.08. The van der Waals surface area contributed by atoms with Crippen LogP contribution in [0, 0.1) is 6.92 Å². The Bertz CT molecular complexity index is 659. The van der Waals surface area contributed by atoms with E-state index in [2.05, 4.69) is 29.1 Å². The van der Waals surface area contributed by atoms with E-state index in [0.717, 1.165) is 22.1 Å². The second-order valence-electron chi connectivity index (χ2n) is 5.85. The van der Waals surface area contributed by atoms with Crippen molar-refractivity contribution >= 4 is 17.7 Å². The van der Waals surface area contributed by atoms with Gasteiger partial charge in [0.15, 0.2) is 0 Å². The average molecular weight is 329 g/mol. The van der Waals surface area contributed by atoms with Crippen molar-refractivity contribution in [1.29, 1.82) is 0 Å². The van der Waals surface area contributed by atoms with Crippen molar-refractivity contribution in [2.45, 2.75) is 44.7 Å². The first-order chi connectivity index (χ1) is 11.0. The van der Waals surface area contributed by atoms with E-state index in [4.69, 9.17) is 0 Å². The molecule has 1 aromatic carbocycles. The van der Waals surface area contributed by atoms with Crippen molar-refractivity contribution in [2.75, 3.05) is 5.75 Å². The summed E-state index contributed by atoms with van der Waals surface area (Å²) in [4.78, 5) is 21.1. The van der Waals surface area contributed by atoms with Gasteiger partial charge in [-0.05, 0) is 25.5 Å². The first-order valence-electron chi connectivity index (χ1n) is 7.78. The van der Waals surface area contributed by atoms with E-state index < -0.39 is 0 Å². The highest BCUT2D eigenvalue weighted by Crippen LogP contribution is 2.19. The molecule has 5 heteroatoms. The number of amides is 1. The number of aromatic nitrogens is 2. The molecule has 122 valence electrons. The van der Waals surface area contributed by atoms with E-state index in [-0.39, 0.29) is 17.9 Å². The minimum atomic E-state index is 0.00246. The maximum Gasteiger partial charge on any atom is 0.230 e. The molecule has 0 aliphatic carbocycles. The van der Waals surface area contributed by atoms with Crippen LogP contribution in [-0.4, -0.2) is 21.6 Å². The molecule has 0 aliphatic heterocycles. The molecule has 0 saturated carbocycles. The second-order valence-corrected chi connectivity index (χ2v) is 6.84. The second kappa shape index (κ2) is 8.11. The van der Waals surface area contributed by atoms with E-state index in [0.29, 0.717) is 5.75 Å². The third-order valence-corrected chi connectivity index (χ3v) is 4.30. The Morgan fingerprint density at radius 2 is 1.87 bits per heavy atom. The zero-order valence-corrected chi connectivity index (χ0v) is 14.9. The Hall–Kier alpha value is -1.88. The molecule has 1 atom stereocenters. The van der Waals surface area contributed by atoms with E-state index >= 15 is 0 Å². The fourth-order valence-corrected chi connectivity index (χ4v) is 2.92. The van der Waals surface area contributed by atoms with Gasteiger partial charge >= 0.3 is 0 Å². The van der Waals surface area contributed by atoms with Crippen LogP contribution in [0.1, 0.15) is 49.8 Å². The smallest absolute Gasteiger partial charge is 0.230 e. The molecule has 2 aromatic rings. The number of benzene rings is 1. The van der Waals surface area contributed by atoms with Crippen LogP contribution in [0.25, 0.3) is 0 Å². The monoisotopic (exact) mass is 329 g/mol. The molecule has 0 radical (unpaired) electrons. The predicted molar refractivity (Wildman–Crippen MR) is 94.6 cm³/mol. The number of carbonyl (C=O) groups excluding carboxylic acids is 1. The van der Waals surface area contributed by atoms with Gasteiger partial charge in [0.1, 0.15) is 10.9 Å². The van der Waals surface area contributed by atoms with Gasteiger partial charge in [0.05, 0.1) is 11.8 Å². The number of nitrogens with zero attached hydrogens (tertiary/aromatic N) is 2. The summed E-state index contributed by atoms with van der Waals surface area (Å²) in [6, 6.07) is 11.9. The fraction of sp³-hybridized carbons (Fsp3) is 0.389. The third-order valence-electron chi connectivity index (χ3n) is 3.39. The molecule has 23 heavy (non-hydrogen) atoms. The van der Waals surface area contributed by atoms with Crippen LogP contribution in [0.4, 0.5) is 0 Å². The number of thioether (sulfide) groups is 1. The van der Waals surface area contributed by atoms with E-state index in [9.17, 15) is 4.79 Å². The van der Waals surface area contributed by atoms with Gasteiger partial charge in [0, 0.05) is 11.6 Å². The lowest BCUT2D eigenvalue weighted by molar-refractivity contribution is -0.119. The fourth-order valence-electron chi connectivity index (χ4n) is 2.14. The summed E-state index contributed by atoms with van der Waals surface area (Å²) in [7, 11) is 0. The molecule has 0 bridgehead atoms. The van der Waals surface area contributed by atoms with Crippen LogP contribution in [0.3, 0.4) is 0 Å². The summed E-state index contributed by atoms with van der Waals surface area (Å²) >= 11 is 1.45. The Morgan fingerprint density at radius 1 is 1.17 bits per heavy atom. The molecule has 2 rings (SSSR count). The van der Waals surface area contributed by atoms with Gasteiger partial charge in [-0.15, -0.1) is 0 Å². The Labute approximate surface area is 142 Å². The van der Waals surface area contributed by atoms with Gasteiger partial charge in [0.2, 0.25) is 5.91 Å². The van der Waals surface area contributed by atoms with Crippen LogP contribution >= 0.6 is 11.8 Å². The van der Waals surface area contributed by atoms with E-state index in [1.165, 1.54) is 11.8 Å². The molecule has 1 N–H and O–H groups in total. The minimum Gasteiger partial charge on any atom is -0.349 e. The van der Waals surface area contributed by atoms with Crippen molar-refractivity contribution in [2.24, 2.45) is 0 Å². The average Bonchev–Trinajstić information content (AvgIpc) is 2.53. The molecular formula is C18H23N3OS. The van der Waals surface area contributed by atoms with E-state index in [1.807, 2.05) is 50.2 Å². The summed E-state index contributed by atoms with van der Waals surface area (Å²) < 4.78 is 0. The first-order valence-corrected chi connectivity index (χ1v) is 8.77. The minimum absolute atomic E-state index is 0.00246. The maximum absolute atomic E-state index is 12.1. The molecule has 0 spiro atoms. The van der Waals surface area contributed by atoms with Gasteiger partial charge in [-0.3, -0.25) is 4.79 Å². The lowest BCUT2D eigenvalue weighted by atomic mass is 10.1. The highest BCUT2D eigenvalue weighted by molar-refractivity contribution is 7.99. The molecule has 4 nitrogen and oxygen atoms in total. The largest absolute Gasteiger partial charge is 0.349 e. The van der Waals surface area contributed by atoms with Gasteiger partial charge in [-0.1, -0.05) is 55.9 Å². The highest BCUT2D eigenvalue weighted by atomic mass is 32.2. The molecular weight excluding hydrogens is 306 g/mol. The summed E-state index contributed by atoms with van der Waals surface area (Å²) in [5.41, 5.74) is 2.04. The van der Waals surface area contributed by atoms with Gasteiger partial charge in [-0.2, -0.15) is 0 Å². The standard InChI is InChI=1S/C18H23N3OS/c1-12(2)18-19-13(3)10-17(21-18)23-11-16(22)20-14(4)15-8-6-5-7-9-15/h5-10,12,14H,11H2,1-4H3,(H,20,22). The maximum atomic E-state index is 12.1. The number of hydrogen-bond donors (Lipinski definition) is 1. The summed E-state index contributed by atoms with van der Waals surface area (Å²) in [5, 5.41) is 3.87. The SMILES string of the molecule is Cc1cc(SCC(=O)NC(C)c2ccccc2)nc(C(C)C)n1. The van der Waals surface area contributed by atoms with Gasteiger partial charge in [0.25, 0.3) is 0 Å². The molecule has 1 heterocycles. The normalized spacial score (nSPS) is 12.2. The van der Waals surface area contributed by atoms with Crippen molar-refractivity contribution in [3.8, 4) is 0 Å². The molecule has 0 fully saturated rings. The number of rotatable bonds is 6. The number of carbonyl (C=O) groups is 1. The number of aryl methyl sites for hydroxylation is 1. The molecule has 1 unspecified atom stereocenters. The Kier molecular flexibility index (Phi) is 6.16. The zero-order chi connectivity index (χ0) is 16.8. The predicted octanol–water partition coefficient (Wildman–Crippen LogP) is 3.88. The third kappa shape index (κ3) is 5.36. The van der Waals surface area contributed by atoms with Crippen LogP contribution < -0.4 is 5.32 Å². The highest BCUT2D eigenvalue weighted by Gasteiger charge is 2.11. The van der Waals surface area contributed by atoms with Crippen molar-refractivity contribution in [3.05, 3.63) is 53.5 Å². The van der Waals surface area contributed by atoms with Gasteiger partial charge in [-0.25, -0.2) is 9.97 Å². The van der Waals surface area contributed by atoms with Crippen molar-refractivity contribution in [3.63, 3.8) is 0 Å². The van der Waals surface area contributed by atoms with Crippen molar-refractivity contribution in [1.82, 2.24) is 15.3 Å². The molecule has 1 aromatic heterocycles. The molecule has 0 aliphatic rings. The summed E-state index contributed by atoms with van der Waals surface area (Å²) in [5.74, 6) is 1.46. The Balaban J connectivity index is 1.92. The van der Waals surface area contributed by atoms with Crippen LogP contribution in [0.5, 0.6) is 0 Å². The lowest BCUT2D eigenvalue weighted by Gasteiger charge is -2.14. The van der Waals surface area contributed by atoms with Crippen LogP contribution in [-0.2, 0) is 4.79 Å². The number of nitrogens with one attached hydrogen (secondary N) is 1. The quantitative estimate of drug-likeness (QED) is 0.645. The number of hydrogen-bond acceptors (Lipinski definition) is 4. The first kappa shape index (κ1) is 17.5. The van der Waals surface area contributed by atoms with Crippen molar-refractivity contribution < 1.29 is 4.79 Å². The molecule has 0 saturated heterocycles. The van der Waals surface area contributed by atoms with E-state index in [1.54, 1.807) is 0 Å². The van der Waals surface area contributed by atoms with Crippen LogP contribution in [0.2, 0.25) is 0 Å². The molecule has 1 amide bonds. The topological polar surface area (TPSA) is 54.9 Å². The van der Waals surface area contributed by atoms with Crippen LogP contribution in [0.15, 0.2) is 41.4 Å². The Morgan fingerprint density at radius 3 is 2.52 bits per heavy atom. The lowest BCUT2D eigenvalue weighted by Crippen LogP contribution is -2.28. The summed E-state index contributed by atoms with van der Waals surface area (Å²) in [6.07, 6.45) is 0. The van der Waals surface area contributed by atoms with Gasteiger partial charge < -0.3 is 5.32 Å². The zero-order valence-electron chi connectivity index (χ0n) is 14.0.